The smallest absolute Gasteiger partial charge is 0.246 e. The maximum atomic E-state index is 12.4. The van der Waals surface area contributed by atoms with Crippen LogP contribution in [0.15, 0.2) is 17.3 Å². The normalized spacial score (nSPS) is 12.2. The molecule has 0 aliphatic rings. The molecule has 2 aromatic heterocycles. The minimum absolute atomic E-state index is 0.194. The van der Waals surface area contributed by atoms with Crippen molar-refractivity contribution in [3.05, 3.63) is 29.6 Å². The Hall–Kier alpha value is -1.67. The van der Waals surface area contributed by atoms with Crippen LogP contribution in [0.4, 0.5) is 0 Å². The van der Waals surface area contributed by atoms with E-state index in [1.54, 1.807) is 26.2 Å². The summed E-state index contributed by atoms with van der Waals surface area (Å²) in [5, 5.41) is 6.59. The van der Waals surface area contributed by atoms with Gasteiger partial charge in [0, 0.05) is 19.4 Å². The molecule has 2 N–H and O–H groups in total. The average molecular weight is 269 g/mol. The first-order chi connectivity index (χ1) is 8.43. The number of aromatic nitrogens is 4. The summed E-state index contributed by atoms with van der Waals surface area (Å²) in [5.74, 6) is 0.597. The molecule has 0 fully saturated rings. The van der Waals surface area contributed by atoms with Crippen molar-refractivity contribution in [2.45, 2.75) is 25.3 Å². The molecule has 98 valence electrons. The van der Waals surface area contributed by atoms with E-state index in [9.17, 15) is 8.42 Å². The first kappa shape index (κ1) is 12.8. The zero-order valence-corrected chi connectivity index (χ0v) is 11.2. The molecule has 0 amide bonds. The fourth-order valence-corrected chi connectivity index (χ4v) is 3.21. The summed E-state index contributed by atoms with van der Waals surface area (Å²) in [5.41, 5.74) is 1.01. The molecule has 0 aliphatic carbocycles. The summed E-state index contributed by atoms with van der Waals surface area (Å²) in [6, 6.07) is 0. The van der Waals surface area contributed by atoms with E-state index in [-0.39, 0.29) is 11.4 Å². The molecule has 0 spiro atoms. The second-order valence-corrected chi connectivity index (χ2v) is 6.04. The van der Waals surface area contributed by atoms with Gasteiger partial charge in [-0.1, -0.05) is 0 Å². The van der Waals surface area contributed by atoms with E-state index >= 15 is 0 Å². The number of nitrogens with one attached hydrogen (secondary N) is 2. The highest BCUT2D eigenvalue weighted by Crippen LogP contribution is 2.21. The summed E-state index contributed by atoms with van der Waals surface area (Å²) < 4.78 is 26.0. The lowest BCUT2D eigenvalue weighted by molar-refractivity contribution is 0.457. The van der Waals surface area contributed by atoms with Crippen LogP contribution >= 0.6 is 0 Å². The Morgan fingerprint density at radius 3 is 2.61 bits per heavy atom. The van der Waals surface area contributed by atoms with Crippen LogP contribution in [0.2, 0.25) is 0 Å². The van der Waals surface area contributed by atoms with Gasteiger partial charge in [-0.25, -0.2) is 13.4 Å². The van der Waals surface area contributed by atoms with E-state index in [1.807, 2.05) is 0 Å². The van der Waals surface area contributed by atoms with Gasteiger partial charge in [-0.15, -0.1) is 0 Å². The maximum absolute atomic E-state index is 12.4. The van der Waals surface area contributed by atoms with Crippen molar-refractivity contribution in [2.24, 2.45) is 0 Å². The number of rotatable bonds is 4. The van der Waals surface area contributed by atoms with E-state index in [4.69, 9.17) is 0 Å². The van der Waals surface area contributed by atoms with Crippen LogP contribution in [0.1, 0.15) is 17.2 Å². The van der Waals surface area contributed by atoms with E-state index < -0.39 is 10.0 Å². The van der Waals surface area contributed by atoms with Gasteiger partial charge in [0.2, 0.25) is 10.0 Å². The molecule has 8 heteroatoms. The van der Waals surface area contributed by atoms with E-state index in [0.717, 1.165) is 0 Å². The largest absolute Gasteiger partial charge is 0.347 e. The average Bonchev–Trinajstić information content (AvgIpc) is 2.89. The van der Waals surface area contributed by atoms with Gasteiger partial charge in [-0.3, -0.25) is 5.10 Å². The van der Waals surface area contributed by atoms with Crippen molar-refractivity contribution in [2.75, 3.05) is 7.05 Å². The van der Waals surface area contributed by atoms with E-state index in [0.29, 0.717) is 17.2 Å². The topological polar surface area (TPSA) is 94.7 Å². The summed E-state index contributed by atoms with van der Waals surface area (Å²) in [7, 11) is -2.04. The lowest BCUT2D eigenvalue weighted by Crippen LogP contribution is -2.27. The Bertz CT molecular complexity index is 610. The number of aryl methyl sites for hydroxylation is 2. The zero-order chi connectivity index (χ0) is 13.3. The van der Waals surface area contributed by atoms with E-state index in [2.05, 4.69) is 20.2 Å². The van der Waals surface area contributed by atoms with Gasteiger partial charge in [-0.2, -0.15) is 9.40 Å². The Balaban J connectivity index is 2.32. The van der Waals surface area contributed by atoms with Crippen LogP contribution in [0.25, 0.3) is 0 Å². The second-order valence-electron chi connectivity index (χ2n) is 4.06. The lowest BCUT2D eigenvalue weighted by Gasteiger charge is -2.15. The van der Waals surface area contributed by atoms with Gasteiger partial charge in [0.25, 0.3) is 0 Å². The zero-order valence-electron chi connectivity index (χ0n) is 10.4. The number of imidazole rings is 1. The van der Waals surface area contributed by atoms with E-state index in [1.165, 1.54) is 11.4 Å². The third-order valence-corrected chi connectivity index (χ3v) is 4.72. The lowest BCUT2D eigenvalue weighted by atomic mass is 10.4. The van der Waals surface area contributed by atoms with Crippen LogP contribution in [-0.4, -0.2) is 39.9 Å². The predicted octanol–water partition coefficient (Wildman–Crippen LogP) is 0.570. The molecule has 7 nitrogen and oxygen atoms in total. The molecule has 2 rings (SSSR count). The van der Waals surface area contributed by atoms with Crippen molar-refractivity contribution >= 4 is 10.0 Å². The van der Waals surface area contributed by atoms with Crippen LogP contribution in [0.5, 0.6) is 0 Å². The third kappa shape index (κ3) is 2.16. The first-order valence-corrected chi connectivity index (χ1v) is 6.83. The Morgan fingerprint density at radius 2 is 2.11 bits per heavy atom. The number of nitrogens with zero attached hydrogens (tertiary/aromatic N) is 3. The summed E-state index contributed by atoms with van der Waals surface area (Å²) in [6.07, 6.45) is 3.24. The summed E-state index contributed by atoms with van der Waals surface area (Å²) in [4.78, 5) is 7.12. The minimum Gasteiger partial charge on any atom is -0.347 e. The molecule has 2 heterocycles. The Labute approximate surface area is 105 Å². The minimum atomic E-state index is -3.55. The van der Waals surface area contributed by atoms with Crippen molar-refractivity contribution in [3.63, 3.8) is 0 Å². The second kappa shape index (κ2) is 4.54. The quantitative estimate of drug-likeness (QED) is 0.848. The summed E-state index contributed by atoms with van der Waals surface area (Å²) >= 11 is 0. The van der Waals surface area contributed by atoms with Gasteiger partial charge in [0.15, 0.2) is 0 Å². The highest BCUT2D eigenvalue weighted by molar-refractivity contribution is 7.89. The standard InChI is InChI=1S/C10H15N5O2S/c1-7-10(8(2)14-13-7)18(16,17)15(3)6-9-11-4-5-12-9/h4-5H,6H2,1-3H3,(H,11,12)(H,13,14). The molecule has 0 radical (unpaired) electrons. The maximum Gasteiger partial charge on any atom is 0.246 e. The van der Waals surface area contributed by atoms with Crippen molar-refractivity contribution in [1.82, 2.24) is 24.5 Å². The number of sulfonamides is 1. The van der Waals surface area contributed by atoms with Crippen LogP contribution in [-0.2, 0) is 16.6 Å². The SMILES string of the molecule is Cc1n[nH]c(C)c1S(=O)(=O)N(C)Cc1ncc[nH]1. The van der Waals surface area contributed by atoms with Crippen LogP contribution in [0.3, 0.4) is 0 Å². The fraction of sp³-hybridized carbons (Fsp3) is 0.400. The highest BCUT2D eigenvalue weighted by Gasteiger charge is 2.27. The van der Waals surface area contributed by atoms with Crippen LogP contribution < -0.4 is 0 Å². The number of aromatic amines is 2. The van der Waals surface area contributed by atoms with Crippen molar-refractivity contribution in [1.29, 1.82) is 0 Å². The molecule has 0 saturated heterocycles. The molecular formula is C10H15N5O2S. The Morgan fingerprint density at radius 1 is 1.39 bits per heavy atom. The fourth-order valence-electron chi connectivity index (χ4n) is 1.76. The number of hydrogen-bond donors (Lipinski definition) is 2. The molecule has 0 bridgehead atoms. The molecule has 2 aromatic rings. The van der Waals surface area contributed by atoms with Gasteiger partial charge < -0.3 is 4.98 Å². The number of hydrogen-bond acceptors (Lipinski definition) is 4. The molecule has 0 aliphatic heterocycles. The molecule has 0 unspecified atom stereocenters. The summed E-state index contributed by atoms with van der Waals surface area (Å²) in [6.45, 7) is 3.55. The Kier molecular flexibility index (Phi) is 3.22. The first-order valence-electron chi connectivity index (χ1n) is 5.39. The molecule has 0 aromatic carbocycles. The van der Waals surface area contributed by atoms with Gasteiger partial charge in [-0.05, 0) is 13.8 Å². The van der Waals surface area contributed by atoms with Gasteiger partial charge in [0.1, 0.15) is 10.7 Å². The third-order valence-electron chi connectivity index (χ3n) is 2.66. The number of H-pyrrole nitrogens is 2. The van der Waals surface area contributed by atoms with Gasteiger partial charge in [0.05, 0.1) is 17.9 Å². The molecule has 0 atom stereocenters. The molecule has 18 heavy (non-hydrogen) atoms. The van der Waals surface area contributed by atoms with Gasteiger partial charge >= 0.3 is 0 Å². The monoisotopic (exact) mass is 269 g/mol. The van der Waals surface area contributed by atoms with Crippen LogP contribution in [0, 0.1) is 13.8 Å². The molecular weight excluding hydrogens is 254 g/mol. The van der Waals surface area contributed by atoms with Crippen molar-refractivity contribution < 1.29 is 8.42 Å². The highest BCUT2D eigenvalue weighted by atomic mass is 32.2. The predicted molar refractivity (Wildman–Crippen MR) is 65.3 cm³/mol. The van der Waals surface area contributed by atoms with Crippen molar-refractivity contribution in [3.8, 4) is 0 Å². The molecule has 0 saturated carbocycles.